The van der Waals surface area contributed by atoms with Crippen LogP contribution in [0.25, 0.3) is 0 Å². The molecule has 0 nitrogen and oxygen atoms in total. The molecule has 0 rings (SSSR count). The van der Waals surface area contributed by atoms with Crippen LogP contribution < -0.4 is 0 Å². The van der Waals surface area contributed by atoms with Crippen molar-refractivity contribution in [3.63, 3.8) is 0 Å². The summed E-state index contributed by atoms with van der Waals surface area (Å²) in [5, 5.41) is 0. The van der Waals surface area contributed by atoms with Gasteiger partial charge < -0.3 is 0 Å². The van der Waals surface area contributed by atoms with Gasteiger partial charge in [0.2, 0.25) is 0 Å². The van der Waals surface area contributed by atoms with Gasteiger partial charge in [0.15, 0.2) is 0 Å². The lowest BCUT2D eigenvalue weighted by atomic mass is 9.84. The summed E-state index contributed by atoms with van der Waals surface area (Å²) in [6, 6.07) is 0. The van der Waals surface area contributed by atoms with Crippen LogP contribution in [0, 0.1) is 23.7 Å². The van der Waals surface area contributed by atoms with Crippen molar-refractivity contribution in [1.82, 2.24) is 0 Å². The molecule has 0 unspecified atom stereocenters. The second-order valence-electron chi connectivity index (χ2n) is 7.04. The van der Waals surface area contributed by atoms with Gasteiger partial charge in [-0.05, 0) is 55.8 Å². The molecule has 0 radical (unpaired) electrons. The molecular formula is C19H40. The standard InChI is InChI=1S/C13H28.C6H12/c1-10(2)7-13(8-11(3)4)9-12(5)6;1-3-5-6-4-2/h10-13H,7-9H2,1-6H3;5-6H,3-4H2,1-2H3/b;6-5-. The minimum atomic E-state index is 0.863. The number of hydrogen-bond acceptors (Lipinski definition) is 0. The molecule has 0 spiro atoms. The molecule has 0 fully saturated rings. The lowest BCUT2D eigenvalue weighted by Crippen LogP contribution is -2.10. The number of hydrogen-bond donors (Lipinski definition) is 0. The first-order valence-corrected chi connectivity index (χ1v) is 8.48. The fraction of sp³-hybridized carbons (Fsp3) is 0.895. The molecule has 0 aliphatic heterocycles. The maximum atomic E-state index is 2.34. The predicted molar refractivity (Wildman–Crippen MR) is 91.6 cm³/mol. The van der Waals surface area contributed by atoms with Gasteiger partial charge in [0.25, 0.3) is 0 Å². The van der Waals surface area contributed by atoms with Crippen molar-refractivity contribution in [2.45, 2.75) is 87.5 Å². The van der Waals surface area contributed by atoms with Gasteiger partial charge in [0.05, 0.1) is 0 Å². The Balaban J connectivity index is 0. The van der Waals surface area contributed by atoms with Gasteiger partial charge in [0.1, 0.15) is 0 Å². The van der Waals surface area contributed by atoms with Gasteiger partial charge in [-0.3, -0.25) is 0 Å². The van der Waals surface area contributed by atoms with E-state index in [0.29, 0.717) is 0 Å². The Hall–Kier alpha value is -0.260. The molecule has 0 saturated carbocycles. The van der Waals surface area contributed by atoms with Gasteiger partial charge in [-0.25, -0.2) is 0 Å². The van der Waals surface area contributed by atoms with E-state index < -0.39 is 0 Å². The minimum Gasteiger partial charge on any atom is -0.0888 e. The monoisotopic (exact) mass is 268 g/mol. The van der Waals surface area contributed by atoms with Crippen LogP contribution in [-0.4, -0.2) is 0 Å². The summed E-state index contributed by atoms with van der Waals surface area (Å²) in [6.07, 6.45) is 10.9. The van der Waals surface area contributed by atoms with E-state index in [2.05, 4.69) is 67.5 Å². The Morgan fingerprint density at radius 2 is 0.842 bits per heavy atom. The third-order valence-electron chi connectivity index (χ3n) is 3.05. The Kier molecular flexibility index (Phi) is 15.7. The van der Waals surface area contributed by atoms with E-state index in [-0.39, 0.29) is 0 Å². The van der Waals surface area contributed by atoms with Crippen molar-refractivity contribution in [2.75, 3.05) is 0 Å². The SMILES string of the molecule is CC(C)CC(CC(C)C)CC(C)C.CC/C=C\CC. The lowest BCUT2D eigenvalue weighted by Gasteiger charge is -2.22. The maximum absolute atomic E-state index is 2.34. The van der Waals surface area contributed by atoms with E-state index in [9.17, 15) is 0 Å². The third kappa shape index (κ3) is 20.2. The molecule has 0 aromatic heterocycles. The van der Waals surface area contributed by atoms with Crippen molar-refractivity contribution in [3.05, 3.63) is 12.2 Å². The fourth-order valence-corrected chi connectivity index (χ4v) is 2.62. The molecule has 0 aliphatic carbocycles. The van der Waals surface area contributed by atoms with Crippen molar-refractivity contribution in [1.29, 1.82) is 0 Å². The molecule has 0 aromatic rings. The molecule has 19 heavy (non-hydrogen) atoms. The molecule has 0 saturated heterocycles. The zero-order valence-corrected chi connectivity index (χ0v) is 15.0. The Bertz CT molecular complexity index is 156. The van der Waals surface area contributed by atoms with Gasteiger partial charge in [-0.15, -0.1) is 0 Å². The molecule has 0 aliphatic rings. The molecule has 0 atom stereocenters. The first kappa shape index (κ1) is 21.0. The Labute approximate surface area is 124 Å². The van der Waals surface area contributed by atoms with Crippen LogP contribution in [0.2, 0.25) is 0 Å². The zero-order valence-electron chi connectivity index (χ0n) is 15.0. The molecule has 0 heteroatoms. The van der Waals surface area contributed by atoms with Crippen LogP contribution in [0.4, 0.5) is 0 Å². The average molecular weight is 269 g/mol. The van der Waals surface area contributed by atoms with E-state index >= 15 is 0 Å². The molecular weight excluding hydrogens is 228 g/mol. The number of rotatable bonds is 8. The highest BCUT2D eigenvalue weighted by Crippen LogP contribution is 2.26. The van der Waals surface area contributed by atoms with Gasteiger partial charge >= 0.3 is 0 Å². The second kappa shape index (κ2) is 14.2. The molecule has 0 N–H and O–H groups in total. The van der Waals surface area contributed by atoms with Gasteiger partial charge in [0, 0.05) is 0 Å². The van der Waals surface area contributed by atoms with Gasteiger partial charge in [-0.1, -0.05) is 67.5 Å². The van der Waals surface area contributed by atoms with Crippen LogP contribution in [0.15, 0.2) is 12.2 Å². The van der Waals surface area contributed by atoms with Crippen LogP contribution in [0.5, 0.6) is 0 Å². The minimum absolute atomic E-state index is 0.863. The van der Waals surface area contributed by atoms with Crippen molar-refractivity contribution in [2.24, 2.45) is 23.7 Å². The summed E-state index contributed by atoms with van der Waals surface area (Å²) in [7, 11) is 0. The van der Waals surface area contributed by atoms with Crippen LogP contribution >= 0.6 is 0 Å². The summed E-state index contributed by atoms with van der Waals surface area (Å²) in [5.41, 5.74) is 0. The molecule has 116 valence electrons. The van der Waals surface area contributed by atoms with Crippen LogP contribution in [0.1, 0.15) is 87.5 Å². The fourth-order valence-electron chi connectivity index (χ4n) is 2.62. The smallest absolute Gasteiger partial charge is 0.0379 e. The highest BCUT2D eigenvalue weighted by molar-refractivity contribution is 4.77. The van der Waals surface area contributed by atoms with Crippen LogP contribution in [-0.2, 0) is 0 Å². The summed E-state index contributed by atoms with van der Waals surface area (Å²) >= 11 is 0. The molecule has 0 bridgehead atoms. The molecule has 0 aromatic carbocycles. The summed E-state index contributed by atoms with van der Waals surface area (Å²) < 4.78 is 0. The summed E-state index contributed by atoms with van der Waals surface area (Å²) in [6.45, 7) is 18.3. The highest BCUT2D eigenvalue weighted by atomic mass is 14.2. The largest absolute Gasteiger partial charge is 0.0888 e. The van der Waals surface area contributed by atoms with Gasteiger partial charge in [-0.2, -0.15) is 0 Å². The van der Waals surface area contributed by atoms with Crippen molar-refractivity contribution in [3.8, 4) is 0 Å². The third-order valence-corrected chi connectivity index (χ3v) is 3.05. The maximum Gasteiger partial charge on any atom is -0.0379 e. The first-order chi connectivity index (χ1) is 8.83. The quantitative estimate of drug-likeness (QED) is 0.412. The molecule has 0 amide bonds. The van der Waals surface area contributed by atoms with Crippen molar-refractivity contribution >= 4 is 0 Å². The van der Waals surface area contributed by atoms with E-state index in [1.165, 1.54) is 32.1 Å². The van der Waals surface area contributed by atoms with E-state index in [0.717, 1.165) is 23.7 Å². The Morgan fingerprint density at radius 3 is 1.00 bits per heavy atom. The number of allylic oxidation sites excluding steroid dienone is 2. The summed E-state index contributed by atoms with van der Waals surface area (Å²) in [4.78, 5) is 0. The van der Waals surface area contributed by atoms with Crippen molar-refractivity contribution < 1.29 is 0 Å². The summed E-state index contributed by atoms with van der Waals surface area (Å²) in [5.74, 6) is 3.55. The second-order valence-corrected chi connectivity index (χ2v) is 7.04. The first-order valence-electron chi connectivity index (χ1n) is 8.48. The molecule has 0 heterocycles. The topological polar surface area (TPSA) is 0 Å². The lowest BCUT2D eigenvalue weighted by molar-refractivity contribution is 0.294. The zero-order chi connectivity index (χ0) is 15.3. The van der Waals surface area contributed by atoms with Crippen LogP contribution in [0.3, 0.4) is 0 Å². The Morgan fingerprint density at radius 1 is 0.579 bits per heavy atom. The van der Waals surface area contributed by atoms with E-state index in [1.54, 1.807) is 0 Å². The predicted octanol–water partition coefficient (Wildman–Crippen LogP) is 7.10. The highest BCUT2D eigenvalue weighted by Gasteiger charge is 2.14. The average Bonchev–Trinajstić information content (AvgIpc) is 2.24. The van der Waals surface area contributed by atoms with E-state index in [4.69, 9.17) is 0 Å². The van der Waals surface area contributed by atoms with E-state index in [1.807, 2.05) is 0 Å². The normalized spacial score (nSPS) is 11.8.